The fourth-order valence-electron chi connectivity index (χ4n) is 2.10. The van der Waals surface area contributed by atoms with E-state index in [9.17, 15) is 4.79 Å². The zero-order valence-electron chi connectivity index (χ0n) is 9.52. The van der Waals surface area contributed by atoms with Crippen molar-refractivity contribution in [1.82, 2.24) is 10.6 Å². The van der Waals surface area contributed by atoms with Crippen LogP contribution in [0.1, 0.15) is 39.5 Å². The Kier molecular flexibility index (Phi) is 3.93. The molecule has 0 saturated heterocycles. The Labute approximate surface area is 86.6 Å². The van der Waals surface area contributed by atoms with Gasteiger partial charge in [0.05, 0.1) is 0 Å². The minimum absolute atomic E-state index is 0.182. The molecule has 1 atom stereocenters. The Hall–Kier alpha value is -0.570. The van der Waals surface area contributed by atoms with Crippen molar-refractivity contribution in [2.45, 2.75) is 45.6 Å². The van der Waals surface area contributed by atoms with E-state index in [0.717, 1.165) is 19.4 Å². The molecule has 1 rings (SSSR count). The maximum Gasteiger partial charge on any atom is 0.221 e. The molecule has 1 aliphatic carbocycles. The van der Waals surface area contributed by atoms with Gasteiger partial charge in [-0.1, -0.05) is 13.8 Å². The van der Waals surface area contributed by atoms with Gasteiger partial charge in [0.2, 0.25) is 5.91 Å². The number of carbonyl (C=O) groups is 1. The maximum absolute atomic E-state index is 11.4. The highest BCUT2D eigenvalue weighted by Gasteiger charge is 2.31. The zero-order chi connectivity index (χ0) is 10.6. The Morgan fingerprint density at radius 3 is 2.71 bits per heavy atom. The van der Waals surface area contributed by atoms with E-state index in [2.05, 4.69) is 24.5 Å². The predicted octanol–water partition coefficient (Wildman–Crippen LogP) is 1.29. The highest BCUT2D eigenvalue weighted by atomic mass is 16.1. The lowest BCUT2D eigenvalue weighted by atomic mass is 9.92. The molecule has 0 heterocycles. The van der Waals surface area contributed by atoms with Crippen LogP contribution in [0.5, 0.6) is 0 Å². The summed E-state index contributed by atoms with van der Waals surface area (Å²) in [4.78, 5) is 11.4. The van der Waals surface area contributed by atoms with Crippen molar-refractivity contribution in [3.63, 3.8) is 0 Å². The van der Waals surface area contributed by atoms with E-state index < -0.39 is 0 Å². The smallest absolute Gasteiger partial charge is 0.221 e. The number of hydrogen-bond acceptors (Lipinski definition) is 2. The molecular weight excluding hydrogens is 176 g/mol. The van der Waals surface area contributed by atoms with Gasteiger partial charge in [0, 0.05) is 19.0 Å². The molecule has 2 N–H and O–H groups in total. The molecular formula is C11H22N2O. The summed E-state index contributed by atoms with van der Waals surface area (Å²) in [5, 5.41) is 6.07. The Balaban J connectivity index is 2.22. The molecule has 1 aliphatic rings. The van der Waals surface area contributed by atoms with Crippen molar-refractivity contribution in [3.8, 4) is 0 Å². The van der Waals surface area contributed by atoms with Crippen LogP contribution in [0.25, 0.3) is 0 Å². The van der Waals surface area contributed by atoms with Crippen molar-refractivity contribution in [3.05, 3.63) is 0 Å². The standard InChI is InChI=1S/C11H22N2O/c1-11(2)6-4-9(8-11)13-10(14)5-7-12-3/h9,12H,4-8H2,1-3H3,(H,13,14). The Morgan fingerprint density at radius 1 is 1.50 bits per heavy atom. The van der Waals surface area contributed by atoms with E-state index in [-0.39, 0.29) is 5.91 Å². The fourth-order valence-corrected chi connectivity index (χ4v) is 2.10. The molecule has 3 heteroatoms. The SMILES string of the molecule is CNCCC(=O)NC1CCC(C)(C)C1. The lowest BCUT2D eigenvalue weighted by Crippen LogP contribution is -2.34. The average Bonchev–Trinajstić information content (AvgIpc) is 2.42. The Morgan fingerprint density at radius 2 is 2.21 bits per heavy atom. The third-order valence-electron chi connectivity index (χ3n) is 2.94. The Bertz CT molecular complexity index is 201. The van der Waals surface area contributed by atoms with Gasteiger partial charge in [-0.05, 0) is 31.7 Å². The van der Waals surface area contributed by atoms with E-state index in [1.807, 2.05) is 7.05 Å². The molecule has 1 fully saturated rings. The summed E-state index contributed by atoms with van der Waals surface area (Å²) in [6.07, 6.45) is 4.08. The van der Waals surface area contributed by atoms with Crippen LogP contribution in [0.15, 0.2) is 0 Å². The van der Waals surface area contributed by atoms with Crippen molar-refractivity contribution < 1.29 is 4.79 Å². The van der Waals surface area contributed by atoms with E-state index in [1.54, 1.807) is 0 Å². The average molecular weight is 198 g/mol. The van der Waals surface area contributed by atoms with Gasteiger partial charge in [0.25, 0.3) is 0 Å². The van der Waals surface area contributed by atoms with E-state index >= 15 is 0 Å². The second-order valence-corrected chi connectivity index (χ2v) is 5.03. The first-order valence-electron chi connectivity index (χ1n) is 5.47. The highest BCUT2D eigenvalue weighted by Crippen LogP contribution is 2.36. The van der Waals surface area contributed by atoms with Crippen LogP contribution in [0.3, 0.4) is 0 Å². The summed E-state index contributed by atoms with van der Waals surface area (Å²) in [5.74, 6) is 0.182. The monoisotopic (exact) mass is 198 g/mol. The predicted molar refractivity (Wildman–Crippen MR) is 58.1 cm³/mol. The van der Waals surface area contributed by atoms with Crippen LogP contribution in [-0.4, -0.2) is 25.5 Å². The summed E-state index contributed by atoms with van der Waals surface area (Å²) in [6.45, 7) is 5.31. The van der Waals surface area contributed by atoms with E-state index in [4.69, 9.17) is 0 Å². The van der Waals surface area contributed by atoms with Crippen molar-refractivity contribution in [1.29, 1.82) is 0 Å². The number of rotatable bonds is 4. The lowest BCUT2D eigenvalue weighted by Gasteiger charge is -2.17. The second kappa shape index (κ2) is 4.78. The third-order valence-corrected chi connectivity index (χ3v) is 2.94. The largest absolute Gasteiger partial charge is 0.353 e. The van der Waals surface area contributed by atoms with E-state index in [1.165, 1.54) is 6.42 Å². The summed E-state index contributed by atoms with van der Waals surface area (Å²) >= 11 is 0. The van der Waals surface area contributed by atoms with Crippen LogP contribution in [-0.2, 0) is 4.79 Å². The van der Waals surface area contributed by atoms with Gasteiger partial charge < -0.3 is 10.6 Å². The fraction of sp³-hybridized carbons (Fsp3) is 0.909. The van der Waals surface area contributed by atoms with Crippen LogP contribution >= 0.6 is 0 Å². The molecule has 0 aromatic carbocycles. The van der Waals surface area contributed by atoms with Gasteiger partial charge in [-0.25, -0.2) is 0 Å². The van der Waals surface area contributed by atoms with Crippen molar-refractivity contribution in [2.24, 2.45) is 5.41 Å². The molecule has 0 spiro atoms. The van der Waals surface area contributed by atoms with Gasteiger partial charge in [-0.15, -0.1) is 0 Å². The number of amides is 1. The van der Waals surface area contributed by atoms with Crippen LogP contribution in [0.2, 0.25) is 0 Å². The minimum Gasteiger partial charge on any atom is -0.353 e. The molecule has 0 aliphatic heterocycles. The van der Waals surface area contributed by atoms with Crippen LogP contribution in [0.4, 0.5) is 0 Å². The van der Waals surface area contributed by atoms with Gasteiger partial charge >= 0.3 is 0 Å². The van der Waals surface area contributed by atoms with Crippen LogP contribution in [0, 0.1) is 5.41 Å². The number of hydrogen-bond donors (Lipinski definition) is 2. The molecule has 0 radical (unpaired) electrons. The van der Waals surface area contributed by atoms with Gasteiger partial charge in [-0.3, -0.25) is 4.79 Å². The van der Waals surface area contributed by atoms with Crippen LogP contribution < -0.4 is 10.6 Å². The maximum atomic E-state index is 11.4. The number of nitrogens with one attached hydrogen (secondary N) is 2. The van der Waals surface area contributed by atoms with Gasteiger partial charge in [0.15, 0.2) is 0 Å². The molecule has 82 valence electrons. The lowest BCUT2D eigenvalue weighted by molar-refractivity contribution is -0.121. The molecule has 1 saturated carbocycles. The quantitative estimate of drug-likeness (QED) is 0.714. The minimum atomic E-state index is 0.182. The van der Waals surface area contributed by atoms with Gasteiger partial charge in [-0.2, -0.15) is 0 Å². The first-order chi connectivity index (χ1) is 6.53. The summed E-state index contributed by atoms with van der Waals surface area (Å²) in [5.41, 5.74) is 0.418. The first-order valence-corrected chi connectivity index (χ1v) is 5.47. The molecule has 14 heavy (non-hydrogen) atoms. The normalized spacial score (nSPS) is 24.9. The second-order valence-electron chi connectivity index (χ2n) is 5.03. The molecule has 3 nitrogen and oxygen atoms in total. The van der Waals surface area contributed by atoms with E-state index in [0.29, 0.717) is 17.9 Å². The van der Waals surface area contributed by atoms with Crippen molar-refractivity contribution in [2.75, 3.05) is 13.6 Å². The number of carbonyl (C=O) groups excluding carboxylic acids is 1. The topological polar surface area (TPSA) is 41.1 Å². The highest BCUT2D eigenvalue weighted by molar-refractivity contribution is 5.76. The molecule has 0 bridgehead atoms. The summed E-state index contributed by atoms with van der Waals surface area (Å²) in [6, 6.07) is 0.411. The van der Waals surface area contributed by atoms with Crippen molar-refractivity contribution >= 4 is 5.91 Å². The third kappa shape index (κ3) is 3.66. The van der Waals surface area contributed by atoms with Gasteiger partial charge in [0.1, 0.15) is 0 Å². The first kappa shape index (κ1) is 11.5. The molecule has 1 amide bonds. The summed E-state index contributed by atoms with van der Waals surface area (Å²) in [7, 11) is 1.87. The zero-order valence-corrected chi connectivity index (χ0v) is 9.52. The molecule has 0 aromatic rings. The molecule has 0 aromatic heterocycles. The summed E-state index contributed by atoms with van der Waals surface area (Å²) < 4.78 is 0. The molecule has 1 unspecified atom stereocenters.